The second-order valence-corrected chi connectivity index (χ2v) is 7.72. The van der Waals surface area contributed by atoms with Crippen LogP contribution in [0.4, 0.5) is 0 Å². The molecule has 2 fully saturated rings. The van der Waals surface area contributed by atoms with Crippen molar-refractivity contribution in [1.82, 2.24) is 4.90 Å². The third-order valence-electron chi connectivity index (χ3n) is 4.18. The molecule has 21 heavy (non-hydrogen) atoms. The number of amides is 1. The van der Waals surface area contributed by atoms with Gasteiger partial charge in [0.15, 0.2) is 0 Å². The lowest BCUT2D eigenvalue weighted by Crippen LogP contribution is -2.61. The average molecular weight is 304 g/mol. The zero-order chi connectivity index (χ0) is 15.4. The first-order valence-electron chi connectivity index (χ1n) is 6.73. The summed E-state index contributed by atoms with van der Waals surface area (Å²) in [7, 11) is 0. The maximum atomic E-state index is 12.3. The van der Waals surface area contributed by atoms with E-state index < -0.39 is 18.1 Å². The average Bonchev–Trinajstić information content (AvgIpc) is 2.67. The van der Waals surface area contributed by atoms with Gasteiger partial charge in [-0.25, -0.2) is 0 Å². The van der Waals surface area contributed by atoms with E-state index in [4.69, 9.17) is 0 Å². The Bertz CT molecular complexity index is 623. The molecule has 2 aliphatic heterocycles. The number of carbonyl (C=O) groups is 1. The second-order valence-electron chi connectivity index (χ2n) is 5.95. The molecule has 2 saturated heterocycles. The number of nitriles is 1. The highest BCUT2D eigenvalue weighted by molar-refractivity contribution is 8.01. The number of carbonyl (C=O) groups excluding carboxylic acids is 1. The van der Waals surface area contributed by atoms with Crippen molar-refractivity contribution in [1.29, 1.82) is 5.26 Å². The molecule has 3 rings (SSSR count). The molecular formula is C15H16N2O3S. The van der Waals surface area contributed by atoms with Crippen LogP contribution in [0.25, 0.3) is 0 Å². The fourth-order valence-corrected chi connectivity index (χ4v) is 4.68. The summed E-state index contributed by atoms with van der Waals surface area (Å²) in [6.45, 7) is 3.89. The smallest absolute Gasteiger partial charge is 0.233 e. The normalized spacial score (nSPS) is 31.2. The molecule has 0 spiro atoms. The number of rotatable bonds is 2. The van der Waals surface area contributed by atoms with Gasteiger partial charge >= 0.3 is 0 Å². The van der Waals surface area contributed by atoms with Gasteiger partial charge in [0.25, 0.3) is 0 Å². The fourth-order valence-electron chi connectivity index (χ4n) is 3.01. The molecule has 2 heterocycles. The summed E-state index contributed by atoms with van der Waals surface area (Å²) in [6, 6.07) is 7.94. The van der Waals surface area contributed by atoms with Crippen molar-refractivity contribution < 1.29 is 15.0 Å². The highest BCUT2D eigenvalue weighted by Crippen LogP contribution is 2.55. The Morgan fingerprint density at radius 3 is 2.57 bits per heavy atom. The monoisotopic (exact) mass is 304 g/mol. The second kappa shape index (κ2) is 4.65. The number of aliphatic hydroxyl groups is 1. The Hall–Kier alpha value is -1.71. The Morgan fingerprint density at radius 1 is 1.38 bits per heavy atom. The number of aliphatic hydroxyl groups excluding tert-OH is 1. The molecule has 4 atom stereocenters. The molecule has 6 heteroatoms. The van der Waals surface area contributed by atoms with Crippen molar-refractivity contribution in [3.8, 4) is 11.8 Å². The number of hydrogen-bond acceptors (Lipinski definition) is 5. The summed E-state index contributed by atoms with van der Waals surface area (Å²) in [6.07, 6.45) is -0.917. The summed E-state index contributed by atoms with van der Waals surface area (Å²) in [5.74, 6) is -0.587. The molecule has 0 aromatic heterocycles. The highest BCUT2D eigenvalue weighted by Gasteiger charge is 2.63. The zero-order valence-corrected chi connectivity index (χ0v) is 12.5. The van der Waals surface area contributed by atoms with Crippen LogP contribution in [0.1, 0.15) is 25.5 Å². The molecule has 5 nitrogen and oxygen atoms in total. The predicted octanol–water partition coefficient (Wildman–Crippen LogP) is 1.63. The standard InChI is InChI=1S/C15H16N2O3S/c1-15(2)10(7-16)17-13(20)11(14(17)21-15)12(19)8-3-5-9(18)6-4-8/h3-6,10-12,14,18-19H,1-2H3/t10-,11-,12?,14-/m0/s1. The molecule has 1 aromatic rings. The van der Waals surface area contributed by atoms with E-state index in [1.54, 1.807) is 28.8 Å². The first-order chi connectivity index (χ1) is 9.86. The van der Waals surface area contributed by atoms with Gasteiger partial charge in [0, 0.05) is 4.75 Å². The largest absolute Gasteiger partial charge is 0.508 e. The van der Waals surface area contributed by atoms with E-state index in [2.05, 4.69) is 6.07 Å². The van der Waals surface area contributed by atoms with E-state index in [0.717, 1.165) is 0 Å². The Balaban J connectivity index is 1.85. The zero-order valence-electron chi connectivity index (χ0n) is 11.7. The number of thioether (sulfide) groups is 1. The van der Waals surface area contributed by atoms with Crippen molar-refractivity contribution in [3.05, 3.63) is 29.8 Å². The van der Waals surface area contributed by atoms with Gasteiger partial charge in [-0.3, -0.25) is 4.79 Å². The molecule has 0 bridgehead atoms. The molecule has 0 saturated carbocycles. The predicted molar refractivity (Wildman–Crippen MR) is 78.3 cm³/mol. The highest BCUT2D eigenvalue weighted by atomic mass is 32.2. The van der Waals surface area contributed by atoms with Gasteiger partial charge in [-0.15, -0.1) is 11.8 Å². The number of fused-ring (bicyclic) bond motifs is 1. The molecule has 0 aliphatic carbocycles. The minimum Gasteiger partial charge on any atom is -0.508 e. The Morgan fingerprint density at radius 2 is 2.00 bits per heavy atom. The van der Waals surface area contributed by atoms with Crippen LogP contribution in [0.3, 0.4) is 0 Å². The van der Waals surface area contributed by atoms with Gasteiger partial charge in [-0.1, -0.05) is 12.1 Å². The third-order valence-corrected chi connectivity index (χ3v) is 5.77. The number of β-lactam (4-membered cyclic amide) rings is 1. The summed E-state index contributed by atoms with van der Waals surface area (Å²) in [4.78, 5) is 13.9. The van der Waals surface area contributed by atoms with Gasteiger partial charge in [-0.05, 0) is 31.5 Å². The molecule has 1 unspecified atom stereocenters. The van der Waals surface area contributed by atoms with Gasteiger partial charge in [-0.2, -0.15) is 5.26 Å². The first-order valence-corrected chi connectivity index (χ1v) is 7.61. The van der Waals surface area contributed by atoms with Crippen LogP contribution >= 0.6 is 11.8 Å². The minimum atomic E-state index is -0.917. The van der Waals surface area contributed by atoms with Crippen LogP contribution in [0.2, 0.25) is 0 Å². The van der Waals surface area contributed by atoms with Crippen LogP contribution in [0.5, 0.6) is 5.75 Å². The molecule has 0 radical (unpaired) electrons. The Labute approximate surface area is 127 Å². The van der Waals surface area contributed by atoms with Crippen LogP contribution in [-0.4, -0.2) is 37.2 Å². The summed E-state index contributed by atoms with van der Waals surface area (Å²) < 4.78 is -0.335. The van der Waals surface area contributed by atoms with E-state index in [0.29, 0.717) is 5.56 Å². The van der Waals surface area contributed by atoms with E-state index >= 15 is 0 Å². The van der Waals surface area contributed by atoms with E-state index in [1.807, 2.05) is 13.8 Å². The summed E-state index contributed by atoms with van der Waals surface area (Å²) in [5, 5.41) is 28.8. The lowest BCUT2D eigenvalue weighted by atomic mass is 9.85. The summed E-state index contributed by atoms with van der Waals surface area (Å²) >= 11 is 1.56. The maximum Gasteiger partial charge on any atom is 0.233 e. The first kappa shape index (κ1) is 14.2. The lowest BCUT2D eigenvalue weighted by molar-refractivity contribution is -0.159. The fraction of sp³-hybridized carbons (Fsp3) is 0.467. The van der Waals surface area contributed by atoms with Crippen LogP contribution in [-0.2, 0) is 4.79 Å². The number of phenols is 1. The van der Waals surface area contributed by atoms with E-state index in [-0.39, 0.29) is 21.8 Å². The SMILES string of the molecule is CC1(C)S[C@H]2[C@@H](C(O)c3ccc(O)cc3)C(=O)N2[C@H]1C#N. The molecule has 110 valence electrons. The number of phenolic OH excluding ortho intramolecular Hbond substituents is 1. The maximum absolute atomic E-state index is 12.3. The quantitative estimate of drug-likeness (QED) is 0.811. The van der Waals surface area contributed by atoms with Gasteiger partial charge in [0.2, 0.25) is 5.91 Å². The Kier molecular flexibility index (Phi) is 3.15. The van der Waals surface area contributed by atoms with Gasteiger partial charge in [0.1, 0.15) is 11.8 Å². The lowest BCUT2D eigenvalue weighted by Gasteiger charge is -2.45. The van der Waals surface area contributed by atoms with E-state index in [1.165, 1.54) is 12.1 Å². The number of nitrogens with zero attached hydrogens (tertiary/aromatic N) is 2. The number of hydrogen-bond donors (Lipinski definition) is 2. The topological polar surface area (TPSA) is 84.6 Å². The molecule has 1 amide bonds. The van der Waals surface area contributed by atoms with Crippen molar-refractivity contribution >= 4 is 17.7 Å². The minimum absolute atomic E-state index is 0.119. The van der Waals surface area contributed by atoms with E-state index in [9.17, 15) is 20.3 Å². The van der Waals surface area contributed by atoms with Gasteiger partial charge < -0.3 is 15.1 Å². The van der Waals surface area contributed by atoms with Crippen molar-refractivity contribution in [2.75, 3.05) is 0 Å². The van der Waals surface area contributed by atoms with Crippen LogP contribution < -0.4 is 0 Å². The third kappa shape index (κ3) is 2.00. The number of benzene rings is 1. The summed E-state index contributed by atoms with van der Waals surface area (Å²) in [5.41, 5.74) is 0.601. The molecule has 1 aromatic carbocycles. The number of aromatic hydroxyl groups is 1. The van der Waals surface area contributed by atoms with Crippen LogP contribution in [0.15, 0.2) is 24.3 Å². The van der Waals surface area contributed by atoms with Crippen molar-refractivity contribution in [2.45, 2.75) is 36.1 Å². The van der Waals surface area contributed by atoms with Crippen molar-refractivity contribution in [2.24, 2.45) is 5.92 Å². The van der Waals surface area contributed by atoms with Crippen LogP contribution in [0, 0.1) is 17.2 Å². The van der Waals surface area contributed by atoms with Gasteiger partial charge in [0.05, 0.1) is 23.5 Å². The molecule has 2 aliphatic rings. The van der Waals surface area contributed by atoms with Crippen molar-refractivity contribution in [3.63, 3.8) is 0 Å². The molecule has 2 N–H and O–H groups in total. The molecular weight excluding hydrogens is 288 g/mol.